The fraction of sp³-hybridized carbons (Fsp3) is 0.444. The molecule has 24 heavy (non-hydrogen) atoms. The Morgan fingerprint density at radius 2 is 2.00 bits per heavy atom. The molecule has 3 atom stereocenters. The number of rotatable bonds is 1. The van der Waals surface area contributed by atoms with Crippen LogP contribution in [0.15, 0.2) is 34.7 Å². The Labute approximate surface area is 137 Å². The van der Waals surface area contributed by atoms with Crippen molar-refractivity contribution in [3.63, 3.8) is 0 Å². The highest BCUT2D eigenvalue weighted by atomic mass is 19.4. The predicted molar refractivity (Wildman–Crippen MR) is 82.7 cm³/mol. The summed E-state index contributed by atoms with van der Waals surface area (Å²) < 4.78 is 50.8. The van der Waals surface area contributed by atoms with E-state index in [2.05, 4.69) is 5.32 Å². The molecule has 2 aliphatic rings. The van der Waals surface area contributed by atoms with Crippen LogP contribution < -0.4 is 5.32 Å². The van der Waals surface area contributed by atoms with E-state index < -0.39 is 11.7 Å². The summed E-state index contributed by atoms with van der Waals surface area (Å²) in [5.41, 5.74) is 0.641. The Balaban J connectivity index is 1.77. The number of aryl methyl sites for hydroxylation is 1. The van der Waals surface area contributed by atoms with Crippen molar-refractivity contribution in [2.24, 2.45) is 5.92 Å². The smallest absolute Gasteiger partial charge is 0.416 e. The lowest BCUT2D eigenvalue weighted by molar-refractivity contribution is -0.137. The second-order valence-electron chi connectivity index (χ2n) is 6.47. The van der Waals surface area contributed by atoms with Gasteiger partial charge in [-0.25, -0.2) is 0 Å². The minimum atomic E-state index is -4.35. The number of halogens is 3. The first kappa shape index (κ1) is 15.6. The Morgan fingerprint density at radius 1 is 1.17 bits per heavy atom. The highest BCUT2D eigenvalue weighted by molar-refractivity contribution is 5.58. The maximum absolute atomic E-state index is 13.1. The van der Waals surface area contributed by atoms with Gasteiger partial charge < -0.3 is 14.5 Å². The molecule has 0 saturated carbocycles. The normalized spacial score (nSPS) is 26.4. The molecular formula is C18H18F3NO2. The van der Waals surface area contributed by atoms with Gasteiger partial charge >= 0.3 is 6.18 Å². The topological polar surface area (TPSA) is 34.4 Å². The molecule has 0 radical (unpaired) electrons. The van der Waals surface area contributed by atoms with Gasteiger partial charge in [-0.2, -0.15) is 13.2 Å². The minimum Gasteiger partial charge on any atom is -0.464 e. The molecule has 0 aliphatic carbocycles. The third kappa shape index (κ3) is 2.59. The Hall–Kier alpha value is -1.95. The third-order valence-electron chi connectivity index (χ3n) is 4.86. The molecule has 3 heterocycles. The molecule has 1 fully saturated rings. The molecule has 1 aromatic carbocycles. The van der Waals surface area contributed by atoms with Gasteiger partial charge in [0, 0.05) is 23.8 Å². The number of furan rings is 1. The fourth-order valence-electron chi connectivity index (χ4n) is 3.75. The van der Waals surface area contributed by atoms with Crippen molar-refractivity contribution < 1.29 is 22.3 Å². The lowest BCUT2D eigenvalue weighted by atomic mass is 9.79. The van der Waals surface area contributed by atoms with Crippen molar-refractivity contribution in [1.82, 2.24) is 0 Å². The highest BCUT2D eigenvalue weighted by Crippen LogP contribution is 2.50. The first-order valence-corrected chi connectivity index (χ1v) is 8.09. The molecule has 0 amide bonds. The zero-order valence-corrected chi connectivity index (χ0v) is 13.2. The summed E-state index contributed by atoms with van der Waals surface area (Å²) in [4.78, 5) is 0. The van der Waals surface area contributed by atoms with Crippen LogP contribution in [0.5, 0.6) is 0 Å². The molecule has 2 aliphatic heterocycles. The lowest BCUT2D eigenvalue weighted by Gasteiger charge is -2.42. The quantitative estimate of drug-likeness (QED) is 0.772. The average Bonchev–Trinajstić information content (AvgIpc) is 2.99. The van der Waals surface area contributed by atoms with E-state index >= 15 is 0 Å². The maximum atomic E-state index is 13.1. The van der Waals surface area contributed by atoms with Crippen LogP contribution in [-0.4, -0.2) is 6.61 Å². The number of anilines is 1. The van der Waals surface area contributed by atoms with Gasteiger partial charge in [-0.15, -0.1) is 0 Å². The summed E-state index contributed by atoms with van der Waals surface area (Å²) in [6, 6.07) is 7.56. The van der Waals surface area contributed by atoms with Crippen LogP contribution in [0.4, 0.5) is 18.9 Å². The van der Waals surface area contributed by atoms with Gasteiger partial charge in [0.05, 0.1) is 17.7 Å². The number of hydrogen-bond donors (Lipinski definition) is 1. The molecule has 1 N–H and O–H groups in total. The summed E-state index contributed by atoms with van der Waals surface area (Å²) in [5, 5.41) is 3.36. The zero-order chi connectivity index (χ0) is 16.9. The molecule has 2 aromatic rings. The van der Waals surface area contributed by atoms with E-state index in [4.69, 9.17) is 9.15 Å². The number of benzene rings is 1. The van der Waals surface area contributed by atoms with Gasteiger partial charge in [-0.05, 0) is 50.1 Å². The average molecular weight is 337 g/mol. The van der Waals surface area contributed by atoms with Crippen molar-refractivity contribution in [1.29, 1.82) is 0 Å². The van der Waals surface area contributed by atoms with Crippen molar-refractivity contribution in [2.75, 3.05) is 11.9 Å². The van der Waals surface area contributed by atoms with E-state index in [1.165, 1.54) is 12.1 Å². The molecule has 6 heteroatoms. The van der Waals surface area contributed by atoms with Crippen molar-refractivity contribution in [2.45, 2.75) is 38.1 Å². The summed E-state index contributed by atoms with van der Waals surface area (Å²) in [6.07, 6.45) is -2.91. The predicted octanol–water partition coefficient (Wildman–Crippen LogP) is 5.24. The standard InChI is InChI=1S/C18H18F3NO2/c1-10-4-7-15(24-10)16-12-3-2-8-23-17(12)13-9-11(18(19,20)21)5-6-14(13)22-16/h4-7,9,12,16-17,22H,2-3,8H2,1H3. The molecule has 1 saturated heterocycles. The zero-order valence-electron chi connectivity index (χ0n) is 13.2. The van der Waals surface area contributed by atoms with Crippen LogP contribution in [0.2, 0.25) is 0 Å². The molecule has 0 spiro atoms. The lowest BCUT2D eigenvalue weighted by Crippen LogP contribution is -2.36. The Bertz CT molecular complexity index is 753. The second-order valence-corrected chi connectivity index (χ2v) is 6.47. The van der Waals surface area contributed by atoms with Gasteiger partial charge in [0.1, 0.15) is 11.5 Å². The highest BCUT2D eigenvalue weighted by Gasteiger charge is 2.42. The van der Waals surface area contributed by atoms with E-state index in [1.54, 1.807) is 0 Å². The molecule has 3 unspecified atom stereocenters. The third-order valence-corrected chi connectivity index (χ3v) is 4.86. The largest absolute Gasteiger partial charge is 0.464 e. The minimum absolute atomic E-state index is 0.0558. The monoisotopic (exact) mass is 337 g/mol. The molecule has 0 bridgehead atoms. The molecule has 4 rings (SSSR count). The van der Waals surface area contributed by atoms with Gasteiger partial charge in [-0.3, -0.25) is 0 Å². The summed E-state index contributed by atoms with van der Waals surface area (Å²) >= 11 is 0. The number of fused-ring (bicyclic) bond motifs is 3. The van der Waals surface area contributed by atoms with Gasteiger partial charge in [0.15, 0.2) is 0 Å². The van der Waals surface area contributed by atoms with Gasteiger partial charge in [0.2, 0.25) is 0 Å². The molecule has 1 aromatic heterocycles. The summed E-state index contributed by atoms with van der Waals surface area (Å²) in [7, 11) is 0. The first-order chi connectivity index (χ1) is 11.4. The molecule has 128 valence electrons. The van der Waals surface area contributed by atoms with E-state index in [9.17, 15) is 13.2 Å². The van der Waals surface area contributed by atoms with E-state index in [1.807, 2.05) is 19.1 Å². The van der Waals surface area contributed by atoms with Crippen LogP contribution >= 0.6 is 0 Å². The first-order valence-electron chi connectivity index (χ1n) is 8.09. The van der Waals surface area contributed by atoms with Gasteiger partial charge in [0.25, 0.3) is 0 Å². The fourth-order valence-corrected chi connectivity index (χ4v) is 3.75. The number of nitrogens with one attached hydrogen (secondary N) is 1. The Kier molecular flexibility index (Phi) is 3.60. The number of alkyl halides is 3. The van der Waals surface area contributed by atoms with Crippen LogP contribution in [0.25, 0.3) is 0 Å². The van der Waals surface area contributed by atoms with Crippen LogP contribution in [0, 0.1) is 12.8 Å². The van der Waals surface area contributed by atoms with E-state index in [0.29, 0.717) is 17.9 Å². The van der Waals surface area contributed by atoms with Crippen molar-refractivity contribution >= 4 is 5.69 Å². The SMILES string of the molecule is Cc1ccc(C2Nc3ccc(C(F)(F)F)cc3C3OCCCC23)o1. The maximum Gasteiger partial charge on any atom is 0.416 e. The van der Waals surface area contributed by atoms with Crippen molar-refractivity contribution in [3.8, 4) is 0 Å². The van der Waals surface area contributed by atoms with E-state index in [0.717, 1.165) is 30.4 Å². The van der Waals surface area contributed by atoms with Crippen LogP contribution in [0.1, 0.15) is 47.6 Å². The van der Waals surface area contributed by atoms with Gasteiger partial charge in [-0.1, -0.05) is 0 Å². The number of hydrogen-bond acceptors (Lipinski definition) is 3. The summed E-state index contributed by atoms with van der Waals surface area (Å²) in [6.45, 7) is 2.45. The summed E-state index contributed by atoms with van der Waals surface area (Å²) in [5.74, 6) is 1.68. The second kappa shape index (κ2) is 5.55. The molecule has 3 nitrogen and oxygen atoms in total. The van der Waals surface area contributed by atoms with Crippen LogP contribution in [0.3, 0.4) is 0 Å². The van der Waals surface area contributed by atoms with Crippen molar-refractivity contribution in [3.05, 3.63) is 53.0 Å². The van der Waals surface area contributed by atoms with Crippen LogP contribution in [-0.2, 0) is 10.9 Å². The Morgan fingerprint density at radius 3 is 2.71 bits per heavy atom. The number of ether oxygens (including phenoxy) is 1. The van der Waals surface area contributed by atoms with E-state index in [-0.39, 0.29) is 18.1 Å². The molecular weight excluding hydrogens is 319 g/mol.